The normalized spacial score (nSPS) is 10.2. The molecule has 0 aliphatic heterocycles. The Morgan fingerprint density at radius 1 is 1.35 bits per heavy atom. The molecule has 3 heteroatoms. The maximum Gasteiger partial charge on any atom is 0.167 e. The van der Waals surface area contributed by atoms with Crippen molar-refractivity contribution in [3.05, 3.63) is 59.4 Å². The largest absolute Gasteiger partial charge is 0.399 e. The number of Topliss-reactive ketones (excluding diaryl/α,β-unsaturated/α-hetero) is 1. The fourth-order valence-electron chi connectivity index (χ4n) is 1.64. The average Bonchev–Trinajstić information content (AvgIpc) is 2.34. The number of pyridine rings is 1. The van der Waals surface area contributed by atoms with E-state index in [0.717, 1.165) is 11.1 Å². The molecule has 17 heavy (non-hydrogen) atoms. The molecular weight excluding hydrogens is 212 g/mol. The van der Waals surface area contributed by atoms with Crippen molar-refractivity contribution in [2.75, 3.05) is 5.73 Å². The van der Waals surface area contributed by atoms with Crippen LogP contribution in [0.2, 0.25) is 0 Å². The zero-order chi connectivity index (χ0) is 12.3. The molecule has 0 aliphatic rings. The number of nitrogens with two attached hydrogens (primary N) is 1. The van der Waals surface area contributed by atoms with Crippen molar-refractivity contribution in [2.45, 2.75) is 13.3 Å². The summed E-state index contributed by atoms with van der Waals surface area (Å²) < 4.78 is 0. The number of ketones is 1. The van der Waals surface area contributed by atoms with Crippen LogP contribution in [0, 0.1) is 6.92 Å². The molecule has 0 radical (unpaired) electrons. The lowest BCUT2D eigenvalue weighted by Gasteiger charge is -2.04. The number of nitrogens with zero attached hydrogens (tertiary/aromatic N) is 1. The van der Waals surface area contributed by atoms with Gasteiger partial charge in [0.1, 0.15) is 0 Å². The predicted octanol–water partition coefficient (Wildman–Crippen LogP) is 2.40. The topological polar surface area (TPSA) is 56.0 Å². The highest BCUT2D eigenvalue weighted by atomic mass is 16.1. The van der Waals surface area contributed by atoms with Crippen molar-refractivity contribution in [1.29, 1.82) is 0 Å². The smallest absolute Gasteiger partial charge is 0.167 e. The molecular formula is C14H14N2O. The first-order valence-electron chi connectivity index (χ1n) is 5.45. The second-order valence-electron chi connectivity index (χ2n) is 4.03. The van der Waals surface area contributed by atoms with E-state index in [4.69, 9.17) is 5.73 Å². The van der Waals surface area contributed by atoms with Gasteiger partial charge < -0.3 is 5.73 Å². The minimum absolute atomic E-state index is 0.0844. The summed E-state index contributed by atoms with van der Waals surface area (Å²) in [6.45, 7) is 1.90. The number of aryl methyl sites for hydroxylation is 1. The van der Waals surface area contributed by atoms with Crippen LogP contribution in [0.25, 0.3) is 0 Å². The Bertz CT molecular complexity index is 535. The SMILES string of the molecule is Cc1cc(C(=O)Cc2cccnc2)ccc1N. The van der Waals surface area contributed by atoms with Crippen LogP contribution < -0.4 is 5.73 Å². The summed E-state index contributed by atoms with van der Waals surface area (Å²) in [5, 5.41) is 0. The quantitative estimate of drug-likeness (QED) is 0.645. The second-order valence-corrected chi connectivity index (χ2v) is 4.03. The van der Waals surface area contributed by atoms with Gasteiger partial charge in [-0.25, -0.2) is 0 Å². The van der Waals surface area contributed by atoms with Gasteiger partial charge in [0.15, 0.2) is 5.78 Å². The van der Waals surface area contributed by atoms with Crippen LogP contribution in [-0.2, 0) is 6.42 Å². The van der Waals surface area contributed by atoms with E-state index in [9.17, 15) is 4.79 Å². The van der Waals surface area contributed by atoms with Crippen molar-refractivity contribution in [1.82, 2.24) is 4.98 Å². The van der Waals surface area contributed by atoms with E-state index >= 15 is 0 Å². The molecule has 0 amide bonds. The minimum Gasteiger partial charge on any atom is -0.399 e. The Kier molecular flexibility index (Phi) is 3.19. The Morgan fingerprint density at radius 2 is 2.18 bits per heavy atom. The molecule has 0 saturated carbocycles. The van der Waals surface area contributed by atoms with E-state index < -0.39 is 0 Å². The number of aromatic nitrogens is 1. The zero-order valence-corrected chi connectivity index (χ0v) is 9.68. The third-order valence-electron chi connectivity index (χ3n) is 2.68. The minimum atomic E-state index is 0.0844. The molecule has 0 spiro atoms. The van der Waals surface area contributed by atoms with E-state index in [1.54, 1.807) is 24.5 Å². The molecule has 0 saturated heterocycles. The van der Waals surface area contributed by atoms with Gasteiger partial charge >= 0.3 is 0 Å². The maximum atomic E-state index is 12.0. The third-order valence-corrected chi connectivity index (χ3v) is 2.68. The standard InChI is InChI=1S/C14H14N2O/c1-10-7-12(4-5-13(10)15)14(17)8-11-3-2-6-16-9-11/h2-7,9H,8,15H2,1H3. The number of rotatable bonds is 3. The molecule has 0 atom stereocenters. The lowest BCUT2D eigenvalue weighted by Crippen LogP contribution is -2.04. The number of carbonyl (C=O) groups is 1. The molecule has 1 aromatic carbocycles. The molecule has 0 aliphatic carbocycles. The van der Waals surface area contributed by atoms with Crippen LogP contribution in [-0.4, -0.2) is 10.8 Å². The van der Waals surface area contributed by atoms with Crippen LogP contribution in [0.4, 0.5) is 5.69 Å². The molecule has 2 rings (SSSR count). The maximum absolute atomic E-state index is 12.0. The van der Waals surface area contributed by atoms with E-state index in [-0.39, 0.29) is 5.78 Å². The first kappa shape index (κ1) is 11.3. The summed E-state index contributed by atoms with van der Waals surface area (Å²) in [5.41, 5.74) is 8.98. The molecule has 2 aromatic rings. The number of carbonyl (C=O) groups excluding carboxylic acids is 1. The summed E-state index contributed by atoms with van der Waals surface area (Å²) >= 11 is 0. The Hall–Kier alpha value is -2.16. The molecule has 0 fully saturated rings. The Morgan fingerprint density at radius 3 is 2.82 bits per heavy atom. The van der Waals surface area contributed by atoms with E-state index in [2.05, 4.69) is 4.98 Å². The Balaban J connectivity index is 2.18. The van der Waals surface area contributed by atoms with Crippen molar-refractivity contribution in [2.24, 2.45) is 0 Å². The van der Waals surface area contributed by atoms with Gasteiger partial charge in [-0.3, -0.25) is 9.78 Å². The van der Waals surface area contributed by atoms with Crippen LogP contribution in [0.1, 0.15) is 21.5 Å². The average molecular weight is 226 g/mol. The van der Waals surface area contributed by atoms with E-state index in [1.807, 2.05) is 25.1 Å². The molecule has 2 N–H and O–H groups in total. The van der Waals surface area contributed by atoms with Crippen LogP contribution in [0.5, 0.6) is 0 Å². The molecule has 1 aromatic heterocycles. The summed E-state index contributed by atoms with van der Waals surface area (Å²) in [6.07, 6.45) is 3.78. The number of anilines is 1. The first-order chi connectivity index (χ1) is 8.16. The van der Waals surface area contributed by atoms with Crippen LogP contribution >= 0.6 is 0 Å². The predicted molar refractivity (Wildman–Crippen MR) is 67.9 cm³/mol. The fraction of sp³-hybridized carbons (Fsp3) is 0.143. The van der Waals surface area contributed by atoms with Crippen molar-refractivity contribution in [3.8, 4) is 0 Å². The zero-order valence-electron chi connectivity index (χ0n) is 9.68. The van der Waals surface area contributed by atoms with Gasteiger partial charge in [0.05, 0.1) is 0 Å². The van der Waals surface area contributed by atoms with E-state index in [0.29, 0.717) is 17.7 Å². The number of nitrogen functional groups attached to an aromatic ring is 1. The first-order valence-corrected chi connectivity index (χ1v) is 5.45. The van der Waals surface area contributed by atoms with Gasteiger partial charge in [0, 0.05) is 30.1 Å². The summed E-state index contributed by atoms with van der Waals surface area (Å²) in [6, 6.07) is 9.09. The third kappa shape index (κ3) is 2.69. The number of benzene rings is 1. The molecule has 0 unspecified atom stereocenters. The van der Waals surface area contributed by atoms with Crippen molar-refractivity contribution < 1.29 is 4.79 Å². The van der Waals surface area contributed by atoms with Crippen LogP contribution in [0.3, 0.4) is 0 Å². The summed E-state index contributed by atoms with van der Waals surface area (Å²) in [7, 11) is 0. The fourth-order valence-corrected chi connectivity index (χ4v) is 1.64. The number of hydrogen-bond acceptors (Lipinski definition) is 3. The monoisotopic (exact) mass is 226 g/mol. The van der Waals surface area contributed by atoms with Gasteiger partial charge in [-0.2, -0.15) is 0 Å². The summed E-state index contributed by atoms with van der Waals surface area (Å²) in [5.74, 6) is 0.0844. The number of hydrogen-bond donors (Lipinski definition) is 1. The van der Waals surface area contributed by atoms with Crippen molar-refractivity contribution >= 4 is 11.5 Å². The molecule has 0 bridgehead atoms. The lowest BCUT2D eigenvalue weighted by molar-refractivity contribution is 0.0993. The lowest BCUT2D eigenvalue weighted by atomic mass is 10.0. The molecule has 86 valence electrons. The van der Waals surface area contributed by atoms with Gasteiger partial charge in [-0.05, 0) is 42.3 Å². The highest BCUT2D eigenvalue weighted by molar-refractivity contribution is 5.98. The molecule has 1 heterocycles. The van der Waals surface area contributed by atoms with Crippen LogP contribution in [0.15, 0.2) is 42.7 Å². The van der Waals surface area contributed by atoms with Gasteiger partial charge in [0.25, 0.3) is 0 Å². The van der Waals surface area contributed by atoms with Gasteiger partial charge in [-0.1, -0.05) is 6.07 Å². The summed E-state index contributed by atoms with van der Waals surface area (Å²) in [4.78, 5) is 16.0. The Labute approximate surface area is 100 Å². The highest BCUT2D eigenvalue weighted by Crippen LogP contribution is 2.14. The van der Waals surface area contributed by atoms with Crippen molar-refractivity contribution in [3.63, 3.8) is 0 Å². The molecule has 3 nitrogen and oxygen atoms in total. The van der Waals surface area contributed by atoms with Gasteiger partial charge in [-0.15, -0.1) is 0 Å². The highest BCUT2D eigenvalue weighted by Gasteiger charge is 2.08. The van der Waals surface area contributed by atoms with E-state index in [1.165, 1.54) is 0 Å². The second kappa shape index (κ2) is 4.78. The van der Waals surface area contributed by atoms with Gasteiger partial charge in [0.2, 0.25) is 0 Å².